The largest absolute Gasteiger partial charge is 0.326 e. The number of H-pyrrole nitrogens is 1. The van der Waals surface area contributed by atoms with Gasteiger partial charge in [0.25, 0.3) is 11.5 Å². The lowest BCUT2D eigenvalue weighted by molar-refractivity contribution is 0.0125. The maximum absolute atomic E-state index is 13.2. The van der Waals surface area contributed by atoms with Crippen molar-refractivity contribution in [1.82, 2.24) is 14.6 Å². The van der Waals surface area contributed by atoms with Crippen LogP contribution in [-0.4, -0.2) is 55.0 Å². The monoisotopic (exact) mass is 433 g/mol. The summed E-state index contributed by atoms with van der Waals surface area (Å²) in [6, 6.07) is 1.82. The number of thioether (sulfide) groups is 1. The van der Waals surface area contributed by atoms with E-state index >= 15 is 0 Å². The highest BCUT2D eigenvalue weighted by Gasteiger charge is 2.38. The minimum absolute atomic E-state index is 0.114. The van der Waals surface area contributed by atoms with Crippen LogP contribution < -0.4 is 10.3 Å². The Hall–Kier alpha value is -1.23. The van der Waals surface area contributed by atoms with Gasteiger partial charge < -0.3 is 4.98 Å². The number of sulfonamides is 1. The molecular weight excluding hydrogens is 408 g/mol. The number of nitrogens with zero attached hydrogens (tertiary/aromatic N) is 1. The zero-order valence-corrected chi connectivity index (χ0v) is 17.6. The molecule has 156 valence electrons. The van der Waals surface area contributed by atoms with Gasteiger partial charge in [-0.1, -0.05) is 13.0 Å². The van der Waals surface area contributed by atoms with E-state index in [0.717, 1.165) is 10.5 Å². The first kappa shape index (κ1) is 21.5. The van der Waals surface area contributed by atoms with E-state index in [1.165, 1.54) is 11.8 Å². The highest BCUT2D eigenvalue weighted by atomic mass is 32.3. The second-order valence-corrected chi connectivity index (χ2v) is 10.7. The van der Waals surface area contributed by atoms with Crippen molar-refractivity contribution in [3.63, 3.8) is 0 Å². The number of aromatic nitrogens is 1. The highest BCUT2D eigenvalue weighted by molar-refractivity contribution is 8.18. The molecular formula is C18H25F2N3O3S2. The fourth-order valence-corrected chi connectivity index (χ4v) is 6.37. The van der Waals surface area contributed by atoms with Crippen molar-refractivity contribution in [1.29, 1.82) is 0 Å². The molecule has 28 heavy (non-hydrogen) atoms. The Morgan fingerprint density at radius 2 is 2.18 bits per heavy atom. The lowest BCUT2D eigenvalue weighted by atomic mass is 10.1. The maximum Gasteiger partial charge on any atom is 0.261 e. The fraction of sp³-hybridized carbons (Fsp3) is 0.611. The second-order valence-electron chi connectivity index (χ2n) is 7.19. The van der Waals surface area contributed by atoms with Crippen LogP contribution in [-0.2, 0) is 16.4 Å². The lowest BCUT2D eigenvalue weighted by Crippen LogP contribution is -2.38. The zero-order chi connectivity index (χ0) is 20.5. The average molecular weight is 434 g/mol. The lowest BCUT2D eigenvalue weighted by Gasteiger charge is -2.17. The van der Waals surface area contributed by atoms with Crippen LogP contribution in [0.15, 0.2) is 16.9 Å². The van der Waals surface area contributed by atoms with Crippen LogP contribution >= 0.6 is 11.8 Å². The summed E-state index contributed by atoms with van der Waals surface area (Å²) in [5.41, 5.74) is 2.10. The van der Waals surface area contributed by atoms with Gasteiger partial charge in [-0.3, -0.25) is 9.69 Å². The highest BCUT2D eigenvalue weighted by Crippen LogP contribution is 2.42. The van der Waals surface area contributed by atoms with Crippen LogP contribution in [0, 0.1) is 6.92 Å². The van der Waals surface area contributed by atoms with Crippen molar-refractivity contribution in [2.45, 2.75) is 43.6 Å². The van der Waals surface area contributed by atoms with Crippen LogP contribution in [0.3, 0.4) is 0 Å². The minimum atomic E-state index is -3.58. The van der Waals surface area contributed by atoms with Gasteiger partial charge >= 0.3 is 0 Å². The summed E-state index contributed by atoms with van der Waals surface area (Å²) >= 11 is 1.25. The molecule has 3 rings (SSSR count). The van der Waals surface area contributed by atoms with E-state index in [1.807, 2.05) is 19.1 Å². The van der Waals surface area contributed by atoms with Crippen molar-refractivity contribution in [3.8, 4) is 0 Å². The Labute approximate surface area is 167 Å². The minimum Gasteiger partial charge on any atom is -0.326 e. The Morgan fingerprint density at radius 3 is 2.82 bits per heavy atom. The third-order valence-electron chi connectivity index (χ3n) is 5.04. The first-order valence-corrected chi connectivity index (χ1v) is 11.7. The van der Waals surface area contributed by atoms with Gasteiger partial charge in [0.2, 0.25) is 10.0 Å². The van der Waals surface area contributed by atoms with E-state index in [2.05, 4.69) is 9.71 Å². The summed E-state index contributed by atoms with van der Waals surface area (Å²) in [7, 11) is -3.58. The van der Waals surface area contributed by atoms with Gasteiger partial charge in [0.15, 0.2) is 0 Å². The molecule has 0 bridgehead atoms. The molecule has 6 nitrogen and oxygen atoms in total. The molecule has 0 radical (unpaired) electrons. The van der Waals surface area contributed by atoms with E-state index in [-0.39, 0.29) is 38.2 Å². The van der Waals surface area contributed by atoms with Crippen molar-refractivity contribution in [3.05, 3.63) is 39.3 Å². The molecule has 3 heterocycles. The Kier molecular flexibility index (Phi) is 6.33. The summed E-state index contributed by atoms with van der Waals surface area (Å²) in [5.74, 6) is -2.68. The van der Waals surface area contributed by atoms with Gasteiger partial charge in [0, 0.05) is 47.8 Å². The standard InChI is InChI=1S/C18H25F2N3O3S2/c1-3-13-10-14(12(2)22-17(13)24)15-4-5-16(27-15)28(25,26)21-7-9-23-8-6-18(19,20)11-23/h4,10,16,21H,3,5-9,11H2,1-2H3,(H,22,24). The van der Waals surface area contributed by atoms with Gasteiger partial charge in [-0.05, 0) is 25.8 Å². The van der Waals surface area contributed by atoms with Crippen molar-refractivity contribution in [2.24, 2.45) is 0 Å². The number of rotatable bonds is 7. The predicted molar refractivity (Wildman–Crippen MR) is 108 cm³/mol. The molecule has 0 amide bonds. The van der Waals surface area contributed by atoms with Crippen LogP contribution in [0.5, 0.6) is 0 Å². The third-order valence-corrected chi connectivity index (χ3v) is 8.68. The molecule has 1 unspecified atom stereocenters. The molecule has 1 fully saturated rings. The van der Waals surface area contributed by atoms with Crippen molar-refractivity contribution >= 4 is 26.7 Å². The number of hydrogen-bond donors (Lipinski definition) is 2. The van der Waals surface area contributed by atoms with E-state index < -0.39 is 20.5 Å². The SMILES string of the molecule is CCc1cc(C2=CCC(S(=O)(=O)NCCN3CCC(F)(F)C3)S2)c(C)[nH]c1=O. The number of alkyl halides is 2. The number of aromatic amines is 1. The molecule has 1 atom stereocenters. The summed E-state index contributed by atoms with van der Waals surface area (Å²) in [4.78, 5) is 17.1. The quantitative estimate of drug-likeness (QED) is 0.690. The number of halogens is 2. The average Bonchev–Trinajstić information content (AvgIpc) is 3.22. The number of nitrogens with one attached hydrogen (secondary N) is 2. The van der Waals surface area contributed by atoms with Gasteiger partial charge in [-0.15, -0.1) is 11.8 Å². The molecule has 2 aliphatic heterocycles. The summed E-state index contributed by atoms with van der Waals surface area (Å²) in [6.07, 6.45) is 2.65. The molecule has 2 N–H and O–H groups in total. The Balaban J connectivity index is 1.59. The first-order chi connectivity index (χ1) is 13.1. The van der Waals surface area contributed by atoms with Crippen LogP contribution in [0.4, 0.5) is 8.78 Å². The molecule has 1 aromatic heterocycles. The summed E-state index contributed by atoms with van der Waals surface area (Å²) < 4.78 is 53.5. The molecule has 0 aromatic carbocycles. The molecule has 0 spiro atoms. The number of pyridine rings is 1. The van der Waals surface area contributed by atoms with E-state index in [1.54, 1.807) is 11.8 Å². The normalized spacial score (nSPS) is 22.6. The second kappa shape index (κ2) is 8.25. The summed E-state index contributed by atoms with van der Waals surface area (Å²) in [5, 5.41) is 0. The molecule has 0 saturated carbocycles. The zero-order valence-electron chi connectivity index (χ0n) is 15.9. The molecule has 1 saturated heterocycles. The van der Waals surface area contributed by atoms with Gasteiger partial charge in [-0.25, -0.2) is 21.9 Å². The van der Waals surface area contributed by atoms with Crippen LogP contribution in [0.1, 0.15) is 36.6 Å². The molecule has 2 aliphatic rings. The van der Waals surface area contributed by atoms with Crippen molar-refractivity contribution < 1.29 is 17.2 Å². The van der Waals surface area contributed by atoms with E-state index in [9.17, 15) is 22.0 Å². The Bertz CT molecular complexity index is 928. The van der Waals surface area contributed by atoms with Crippen LogP contribution in [0.25, 0.3) is 4.91 Å². The predicted octanol–water partition coefficient (Wildman–Crippen LogP) is 2.31. The molecule has 0 aliphatic carbocycles. The third kappa shape index (κ3) is 4.84. The fourth-order valence-electron chi connectivity index (χ4n) is 3.43. The molecule has 10 heteroatoms. The summed E-state index contributed by atoms with van der Waals surface area (Å²) in [6.45, 7) is 4.04. The van der Waals surface area contributed by atoms with Crippen molar-refractivity contribution in [2.75, 3.05) is 26.2 Å². The van der Waals surface area contributed by atoms with Gasteiger partial charge in [0.1, 0.15) is 4.58 Å². The first-order valence-electron chi connectivity index (χ1n) is 9.30. The number of aryl methyl sites for hydroxylation is 2. The Morgan fingerprint density at radius 1 is 1.43 bits per heavy atom. The van der Waals surface area contributed by atoms with E-state index in [0.29, 0.717) is 24.1 Å². The maximum atomic E-state index is 13.2. The van der Waals surface area contributed by atoms with Gasteiger partial charge in [-0.2, -0.15) is 0 Å². The number of hydrogen-bond acceptors (Lipinski definition) is 5. The number of likely N-dealkylation sites (tertiary alicyclic amines) is 1. The smallest absolute Gasteiger partial charge is 0.261 e. The number of allylic oxidation sites excluding steroid dienone is 1. The van der Waals surface area contributed by atoms with E-state index in [4.69, 9.17) is 0 Å². The van der Waals surface area contributed by atoms with Crippen LogP contribution in [0.2, 0.25) is 0 Å². The molecule has 1 aromatic rings. The van der Waals surface area contributed by atoms with Gasteiger partial charge in [0.05, 0.1) is 6.54 Å². The topological polar surface area (TPSA) is 82.3 Å².